The molecule has 3 aromatic carbocycles. The highest BCUT2D eigenvalue weighted by Gasteiger charge is 2.31. The van der Waals surface area contributed by atoms with Crippen molar-refractivity contribution in [2.45, 2.75) is 26.7 Å². The Morgan fingerprint density at radius 1 is 0.500 bits per heavy atom. The van der Waals surface area contributed by atoms with Crippen molar-refractivity contribution in [3.63, 3.8) is 0 Å². The molecule has 0 aliphatic carbocycles. The van der Waals surface area contributed by atoms with Crippen molar-refractivity contribution < 1.29 is 0 Å². The molecule has 0 saturated heterocycles. The van der Waals surface area contributed by atoms with Crippen LogP contribution in [0.5, 0.6) is 0 Å². The lowest BCUT2D eigenvalue weighted by Crippen LogP contribution is -2.20. The molecule has 6 nitrogen and oxygen atoms in total. The number of nitrogens with one attached hydrogen (secondary N) is 4. The van der Waals surface area contributed by atoms with Crippen molar-refractivity contribution in [1.29, 1.82) is 0 Å². The molecule has 6 heteroatoms. The van der Waals surface area contributed by atoms with E-state index in [9.17, 15) is 9.59 Å². The Morgan fingerprint density at radius 3 is 1.24 bits per heavy atom. The highest BCUT2D eigenvalue weighted by atomic mass is 16.1. The summed E-state index contributed by atoms with van der Waals surface area (Å²) in [5.74, 6) is -0.585. The van der Waals surface area contributed by atoms with Crippen LogP contribution in [0.4, 0.5) is 0 Å². The molecular weight excluding hydrogens is 424 g/mol. The van der Waals surface area contributed by atoms with Crippen molar-refractivity contribution in [1.82, 2.24) is 20.4 Å². The zero-order chi connectivity index (χ0) is 23.8. The third-order valence-corrected chi connectivity index (χ3v) is 6.30. The Balaban J connectivity index is 1.79. The van der Waals surface area contributed by atoms with E-state index in [0.717, 1.165) is 33.4 Å². The molecule has 0 aliphatic rings. The second kappa shape index (κ2) is 8.56. The van der Waals surface area contributed by atoms with E-state index in [0.29, 0.717) is 22.5 Å². The van der Waals surface area contributed by atoms with Gasteiger partial charge in [-0.3, -0.25) is 30.0 Å². The predicted molar refractivity (Wildman–Crippen MR) is 135 cm³/mol. The Morgan fingerprint density at radius 2 is 0.853 bits per heavy atom. The van der Waals surface area contributed by atoms with Gasteiger partial charge in [-0.25, -0.2) is 0 Å². The average Bonchev–Trinajstić information content (AvgIpc) is 3.40. The molecule has 5 aromatic rings. The van der Waals surface area contributed by atoms with Gasteiger partial charge in [-0.15, -0.1) is 0 Å². The van der Waals surface area contributed by atoms with Crippen LogP contribution in [-0.2, 0) is 0 Å². The number of hydrogen-bond donors (Lipinski definition) is 4. The summed E-state index contributed by atoms with van der Waals surface area (Å²) >= 11 is 0. The van der Waals surface area contributed by atoms with Crippen LogP contribution in [0.15, 0.2) is 82.4 Å². The van der Waals surface area contributed by atoms with E-state index in [1.54, 1.807) is 0 Å². The minimum atomic E-state index is -0.585. The molecule has 2 aromatic heterocycles. The fourth-order valence-electron chi connectivity index (χ4n) is 4.42. The number of benzene rings is 3. The van der Waals surface area contributed by atoms with Crippen molar-refractivity contribution in [2.75, 3.05) is 0 Å². The van der Waals surface area contributed by atoms with E-state index in [1.165, 1.54) is 0 Å². The van der Waals surface area contributed by atoms with Gasteiger partial charge in [0, 0.05) is 5.92 Å². The summed E-state index contributed by atoms with van der Waals surface area (Å²) in [5, 5.41) is 11.6. The smallest absolute Gasteiger partial charge is 0.268 e. The highest BCUT2D eigenvalue weighted by Crippen LogP contribution is 2.37. The number of aryl methyl sites for hydroxylation is 3. The van der Waals surface area contributed by atoms with E-state index in [2.05, 4.69) is 20.4 Å². The fourth-order valence-corrected chi connectivity index (χ4v) is 4.42. The number of H-pyrrole nitrogens is 4. The highest BCUT2D eigenvalue weighted by molar-refractivity contribution is 5.70. The first-order chi connectivity index (χ1) is 16.4. The summed E-state index contributed by atoms with van der Waals surface area (Å²) in [5.41, 5.74) is 7.82. The van der Waals surface area contributed by atoms with Gasteiger partial charge in [-0.05, 0) is 37.5 Å². The second-order valence-electron chi connectivity index (χ2n) is 8.81. The molecule has 170 valence electrons. The quantitative estimate of drug-likeness (QED) is 0.298. The first-order valence-electron chi connectivity index (χ1n) is 11.2. The van der Waals surface area contributed by atoms with Gasteiger partial charge in [0.1, 0.15) is 0 Å². The SMILES string of the molecule is Cc1ccc(-c2[nH][nH]c(=O)c2C(c2ccc(C)cc2)c2c(-c3ccc(C)cc3)[nH][nH]c2=O)cc1. The molecule has 0 unspecified atom stereocenters. The van der Waals surface area contributed by atoms with Gasteiger partial charge in [0.05, 0.1) is 22.5 Å². The first kappa shape index (κ1) is 21.5. The minimum absolute atomic E-state index is 0.253. The normalized spacial score (nSPS) is 11.3. The Hall–Kier alpha value is -4.32. The maximum absolute atomic E-state index is 13.3. The Labute approximate surface area is 196 Å². The maximum atomic E-state index is 13.3. The lowest BCUT2D eigenvalue weighted by atomic mass is 9.83. The Kier molecular flexibility index (Phi) is 5.42. The van der Waals surface area contributed by atoms with E-state index in [1.807, 2.05) is 93.6 Å². The summed E-state index contributed by atoms with van der Waals surface area (Å²) in [6, 6.07) is 23.9. The van der Waals surface area contributed by atoms with Crippen LogP contribution < -0.4 is 11.1 Å². The third-order valence-electron chi connectivity index (χ3n) is 6.30. The third kappa shape index (κ3) is 3.83. The van der Waals surface area contributed by atoms with Crippen molar-refractivity contribution in [3.8, 4) is 22.5 Å². The summed E-state index contributed by atoms with van der Waals surface area (Å²) in [4.78, 5) is 26.5. The molecule has 0 bridgehead atoms. The molecule has 0 fully saturated rings. The van der Waals surface area contributed by atoms with Crippen LogP contribution in [-0.4, -0.2) is 20.4 Å². The summed E-state index contributed by atoms with van der Waals surface area (Å²) < 4.78 is 0. The molecule has 34 heavy (non-hydrogen) atoms. The van der Waals surface area contributed by atoms with Gasteiger partial charge in [-0.2, -0.15) is 0 Å². The zero-order valence-electron chi connectivity index (χ0n) is 19.3. The number of aromatic amines is 4. The molecule has 0 saturated carbocycles. The zero-order valence-corrected chi connectivity index (χ0v) is 19.3. The Bertz CT molecular complexity index is 1450. The molecule has 0 amide bonds. The molecule has 0 radical (unpaired) electrons. The molecule has 0 atom stereocenters. The van der Waals surface area contributed by atoms with Gasteiger partial charge in [0.25, 0.3) is 11.1 Å². The van der Waals surface area contributed by atoms with Crippen LogP contribution >= 0.6 is 0 Å². The van der Waals surface area contributed by atoms with E-state index in [-0.39, 0.29) is 11.1 Å². The largest absolute Gasteiger partial charge is 0.297 e. The van der Waals surface area contributed by atoms with Crippen LogP contribution in [0.3, 0.4) is 0 Å². The number of hydrogen-bond acceptors (Lipinski definition) is 2. The minimum Gasteiger partial charge on any atom is -0.297 e. The summed E-state index contributed by atoms with van der Waals surface area (Å²) in [6.45, 7) is 6.06. The average molecular weight is 451 g/mol. The topological polar surface area (TPSA) is 97.3 Å². The maximum Gasteiger partial charge on any atom is 0.268 e. The molecule has 0 aliphatic heterocycles. The lowest BCUT2D eigenvalue weighted by molar-refractivity contribution is 0.953. The molecule has 0 spiro atoms. The van der Waals surface area contributed by atoms with Crippen LogP contribution in [0.1, 0.15) is 39.3 Å². The number of aromatic nitrogens is 4. The van der Waals surface area contributed by atoms with Gasteiger partial charge >= 0.3 is 0 Å². The monoisotopic (exact) mass is 450 g/mol. The number of rotatable bonds is 5. The second-order valence-corrected chi connectivity index (χ2v) is 8.81. The standard InChI is InChI=1S/C28H26N4O2/c1-16-4-10-19(11-5-16)22(23-25(29-31-27(23)33)20-12-6-17(2)7-13-20)24-26(30-32-28(24)34)21-14-8-18(3)9-15-21/h4-15,22H,1-3H3,(H2,29,31,33)(H2,30,32,34). The van der Waals surface area contributed by atoms with Gasteiger partial charge in [0.2, 0.25) is 0 Å². The lowest BCUT2D eigenvalue weighted by Gasteiger charge is -2.18. The molecular formula is C28H26N4O2. The van der Waals surface area contributed by atoms with Gasteiger partial charge < -0.3 is 0 Å². The summed E-state index contributed by atoms with van der Waals surface area (Å²) in [6.07, 6.45) is 0. The van der Waals surface area contributed by atoms with Gasteiger partial charge in [-0.1, -0.05) is 89.5 Å². The van der Waals surface area contributed by atoms with Crippen molar-refractivity contribution >= 4 is 0 Å². The van der Waals surface area contributed by atoms with Gasteiger partial charge in [0.15, 0.2) is 0 Å². The predicted octanol–water partition coefficient (Wildman–Crippen LogP) is 5.16. The molecule has 2 heterocycles. The molecule has 4 N–H and O–H groups in total. The van der Waals surface area contributed by atoms with E-state index in [4.69, 9.17) is 0 Å². The van der Waals surface area contributed by atoms with Crippen molar-refractivity contribution in [3.05, 3.63) is 127 Å². The first-order valence-corrected chi connectivity index (χ1v) is 11.2. The van der Waals surface area contributed by atoms with E-state index >= 15 is 0 Å². The van der Waals surface area contributed by atoms with E-state index < -0.39 is 5.92 Å². The van der Waals surface area contributed by atoms with Crippen molar-refractivity contribution in [2.24, 2.45) is 0 Å². The van der Waals surface area contributed by atoms with Crippen LogP contribution in [0.25, 0.3) is 22.5 Å². The summed E-state index contributed by atoms with van der Waals surface area (Å²) in [7, 11) is 0. The fraction of sp³-hybridized carbons (Fsp3) is 0.143. The van der Waals surface area contributed by atoms with Crippen LogP contribution in [0.2, 0.25) is 0 Å². The van der Waals surface area contributed by atoms with Crippen LogP contribution in [0, 0.1) is 20.8 Å². The molecule has 5 rings (SSSR count).